The average Bonchev–Trinajstić information content (AvgIpc) is 2.86. The summed E-state index contributed by atoms with van der Waals surface area (Å²) in [4.78, 5) is 12.4. The molecule has 0 aliphatic carbocycles. The van der Waals surface area contributed by atoms with E-state index in [9.17, 15) is 10.1 Å². The number of hydrogen-bond acceptors (Lipinski definition) is 4. The smallest absolute Gasteiger partial charge is 0.219 e. The van der Waals surface area contributed by atoms with Crippen LogP contribution in [0.2, 0.25) is 0 Å². The van der Waals surface area contributed by atoms with Crippen molar-refractivity contribution in [3.8, 4) is 11.8 Å². The molecule has 4 nitrogen and oxygen atoms in total. The lowest BCUT2D eigenvalue weighted by atomic mass is 9.92. The van der Waals surface area contributed by atoms with Crippen LogP contribution in [-0.2, 0) is 0 Å². The summed E-state index contributed by atoms with van der Waals surface area (Å²) in [6, 6.07) is 10.8. The number of hydrogen-bond donors (Lipinski definition) is 0. The Kier molecular flexibility index (Phi) is 3.90. The van der Waals surface area contributed by atoms with E-state index in [2.05, 4.69) is 0 Å². The molecule has 0 saturated heterocycles. The van der Waals surface area contributed by atoms with Gasteiger partial charge in [-0.2, -0.15) is 5.26 Å². The van der Waals surface area contributed by atoms with Gasteiger partial charge in [-0.25, -0.2) is 0 Å². The third kappa shape index (κ3) is 2.57. The first-order chi connectivity index (χ1) is 9.56. The van der Waals surface area contributed by atoms with Crippen LogP contribution in [0.15, 0.2) is 34.7 Å². The number of benzene rings is 1. The number of Topliss-reactive ketones (excluding diaryl/α,β-unsaturated/α-hetero) is 1. The molecule has 2 rings (SSSR count). The molecule has 0 saturated carbocycles. The molecule has 0 N–H and O–H groups in total. The van der Waals surface area contributed by atoms with Crippen LogP contribution in [0.4, 0.5) is 0 Å². The minimum atomic E-state index is -0.935. The van der Waals surface area contributed by atoms with E-state index >= 15 is 0 Å². The molecule has 0 aliphatic rings. The van der Waals surface area contributed by atoms with Gasteiger partial charge in [-0.3, -0.25) is 4.79 Å². The van der Waals surface area contributed by atoms with Crippen LogP contribution in [0.25, 0.3) is 0 Å². The Bertz CT molecular complexity index is 679. The van der Waals surface area contributed by atoms with Gasteiger partial charge in [-0.1, -0.05) is 17.7 Å². The Balaban J connectivity index is 2.45. The summed E-state index contributed by atoms with van der Waals surface area (Å²) in [5.74, 6) is 0.0672. The van der Waals surface area contributed by atoms with Crippen molar-refractivity contribution < 1.29 is 13.9 Å². The number of furan rings is 1. The summed E-state index contributed by atoms with van der Waals surface area (Å²) < 4.78 is 10.6. The fourth-order valence-corrected chi connectivity index (χ4v) is 2.06. The molecule has 1 unspecified atom stereocenters. The highest BCUT2D eigenvalue weighted by molar-refractivity contribution is 6.01. The minimum Gasteiger partial charge on any atom is -0.496 e. The molecule has 1 aromatic carbocycles. The molecule has 0 bridgehead atoms. The second-order valence-corrected chi connectivity index (χ2v) is 4.58. The quantitative estimate of drug-likeness (QED) is 0.798. The van der Waals surface area contributed by atoms with Crippen molar-refractivity contribution in [3.63, 3.8) is 0 Å². The maximum atomic E-state index is 12.4. The topological polar surface area (TPSA) is 63.2 Å². The van der Waals surface area contributed by atoms with E-state index in [0.717, 1.165) is 5.56 Å². The highest BCUT2D eigenvalue weighted by Gasteiger charge is 2.27. The number of carbonyl (C=O) groups excluding carboxylic acids is 1. The molecule has 1 heterocycles. The van der Waals surface area contributed by atoms with Crippen molar-refractivity contribution >= 4 is 5.78 Å². The summed E-state index contributed by atoms with van der Waals surface area (Å²) in [6.07, 6.45) is 0. The first kappa shape index (κ1) is 13.9. The van der Waals surface area contributed by atoms with Crippen LogP contribution < -0.4 is 4.74 Å². The van der Waals surface area contributed by atoms with E-state index in [1.807, 2.05) is 19.1 Å². The number of aryl methyl sites for hydroxylation is 2. The van der Waals surface area contributed by atoms with Gasteiger partial charge in [0.1, 0.15) is 17.4 Å². The monoisotopic (exact) mass is 269 g/mol. The van der Waals surface area contributed by atoms with Gasteiger partial charge in [-0.15, -0.1) is 0 Å². The number of ketones is 1. The van der Waals surface area contributed by atoms with Gasteiger partial charge in [-0.05, 0) is 32.0 Å². The highest BCUT2D eigenvalue weighted by atomic mass is 16.5. The maximum absolute atomic E-state index is 12.4. The molecule has 0 spiro atoms. The average molecular weight is 269 g/mol. The molecule has 102 valence electrons. The van der Waals surface area contributed by atoms with Crippen LogP contribution >= 0.6 is 0 Å². The van der Waals surface area contributed by atoms with E-state index < -0.39 is 5.92 Å². The number of rotatable bonds is 4. The fraction of sp³-hybridized carbons (Fsp3) is 0.250. The molecule has 1 atom stereocenters. The van der Waals surface area contributed by atoms with Gasteiger partial charge in [0.25, 0.3) is 0 Å². The summed E-state index contributed by atoms with van der Waals surface area (Å²) in [5.41, 5.74) is 1.53. The Morgan fingerprint density at radius 2 is 2.05 bits per heavy atom. The summed E-state index contributed by atoms with van der Waals surface area (Å²) in [7, 11) is 1.52. The molecular weight excluding hydrogens is 254 g/mol. The molecular formula is C16H15NO3. The highest BCUT2D eigenvalue weighted by Crippen LogP contribution is 2.30. The SMILES string of the molecule is COc1ccc(C)cc1C(C#N)C(=O)c1ccc(C)o1. The van der Waals surface area contributed by atoms with Crippen molar-refractivity contribution in [2.75, 3.05) is 7.11 Å². The van der Waals surface area contributed by atoms with Gasteiger partial charge in [0, 0.05) is 5.56 Å². The first-order valence-corrected chi connectivity index (χ1v) is 6.21. The van der Waals surface area contributed by atoms with Crippen LogP contribution in [0, 0.1) is 25.2 Å². The van der Waals surface area contributed by atoms with E-state index in [4.69, 9.17) is 9.15 Å². The minimum absolute atomic E-state index is 0.192. The molecule has 4 heteroatoms. The summed E-state index contributed by atoms with van der Waals surface area (Å²) in [6.45, 7) is 3.66. The molecule has 0 amide bonds. The second kappa shape index (κ2) is 5.62. The largest absolute Gasteiger partial charge is 0.496 e. The zero-order valence-corrected chi connectivity index (χ0v) is 11.6. The van der Waals surface area contributed by atoms with Crippen molar-refractivity contribution in [3.05, 3.63) is 53.0 Å². The predicted molar refractivity (Wildman–Crippen MR) is 73.9 cm³/mol. The van der Waals surface area contributed by atoms with Crippen LogP contribution in [0.5, 0.6) is 5.75 Å². The zero-order chi connectivity index (χ0) is 14.7. The second-order valence-electron chi connectivity index (χ2n) is 4.58. The number of nitriles is 1. The van der Waals surface area contributed by atoms with E-state index in [0.29, 0.717) is 17.1 Å². The van der Waals surface area contributed by atoms with E-state index in [1.165, 1.54) is 7.11 Å². The lowest BCUT2D eigenvalue weighted by Crippen LogP contribution is -2.12. The third-order valence-electron chi connectivity index (χ3n) is 3.07. The lowest BCUT2D eigenvalue weighted by molar-refractivity contribution is 0.0949. The van der Waals surface area contributed by atoms with Crippen molar-refractivity contribution in [1.82, 2.24) is 0 Å². The molecule has 0 aliphatic heterocycles. The Morgan fingerprint density at radius 3 is 2.60 bits per heavy atom. The van der Waals surface area contributed by atoms with Gasteiger partial charge in [0.2, 0.25) is 5.78 Å². The Labute approximate surface area is 117 Å². The molecule has 1 aromatic heterocycles. The van der Waals surface area contributed by atoms with Crippen LogP contribution in [0.3, 0.4) is 0 Å². The van der Waals surface area contributed by atoms with Gasteiger partial charge >= 0.3 is 0 Å². The van der Waals surface area contributed by atoms with Crippen molar-refractivity contribution in [2.45, 2.75) is 19.8 Å². The van der Waals surface area contributed by atoms with Gasteiger partial charge < -0.3 is 9.15 Å². The van der Waals surface area contributed by atoms with Crippen LogP contribution in [-0.4, -0.2) is 12.9 Å². The lowest BCUT2D eigenvalue weighted by Gasteiger charge is -2.12. The summed E-state index contributed by atoms with van der Waals surface area (Å²) >= 11 is 0. The number of methoxy groups -OCH3 is 1. The van der Waals surface area contributed by atoms with Gasteiger partial charge in [0.15, 0.2) is 5.76 Å². The number of carbonyl (C=O) groups is 1. The predicted octanol–water partition coefficient (Wildman–Crippen LogP) is 3.40. The number of ether oxygens (including phenoxy) is 1. The molecule has 0 fully saturated rings. The third-order valence-corrected chi connectivity index (χ3v) is 3.07. The Hall–Kier alpha value is -2.54. The molecule has 0 radical (unpaired) electrons. The first-order valence-electron chi connectivity index (χ1n) is 6.21. The number of nitrogens with zero attached hydrogens (tertiary/aromatic N) is 1. The fourth-order valence-electron chi connectivity index (χ4n) is 2.06. The normalized spacial score (nSPS) is 11.7. The molecule has 20 heavy (non-hydrogen) atoms. The van der Waals surface area contributed by atoms with Crippen molar-refractivity contribution in [1.29, 1.82) is 5.26 Å². The Morgan fingerprint density at radius 1 is 1.30 bits per heavy atom. The van der Waals surface area contributed by atoms with E-state index in [-0.39, 0.29) is 11.5 Å². The van der Waals surface area contributed by atoms with Crippen LogP contribution in [0.1, 0.15) is 33.4 Å². The standard InChI is InChI=1S/C16H15NO3/c1-10-4-6-14(19-3)12(8-10)13(9-17)16(18)15-7-5-11(2)20-15/h4-8,13H,1-3H3. The molecule has 2 aromatic rings. The summed E-state index contributed by atoms with van der Waals surface area (Å²) in [5, 5.41) is 9.36. The van der Waals surface area contributed by atoms with Gasteiger partial charge in [0.05, 0.1) is 13.2 Å². The van der Waals surface area contributed by atoms with Crippen molar-refractivity contribution in [2.24, 2.45) is 0 Å². The van der Waals surface area contributed by atoms with E-state index in [1.54, 1.807) is 31.2 Å². The maximum Gasteiger partial charge on any atom is 0.219 e. The zero-order valence-electron chi connectivity index (χ0n) is 11.6.